The third-order valence-corrected chi connectivity index (χ3v) is 4.35. The third-order valence-electron chi connectivity index (χ3n) is 4.35. The number of amides is 1. The quantitative estimate of drug-likeness (QED) is 0.804. The number of hydrogen-bond acceptors (Lipinski definition) is 4. The van der Waals surface area contributed by atoms with Gasteiger partial charge in [-0.1, -0.05) is 12.8 Å². The number of carbonyl (C=O) groups is 1. The summed E-state index contributed by atoms with van der Waals surface area (Å²) >= 11 is 0. The number of rotatable bonds is 4. The Morgan fingerprint density at radius 3 is 2.63 bits per heavy atom. The molecule has 2 N–H and O–H groups in total. The summed E-state index contributed by atoms with van der Waals surface area (Å²) in [5.74, 6) is 0.0371. The van der Waals surface area contributed by atoms with Gasteiger partial charge in [0.05, 0.1) is 6.61 Å². The standard InChI is InChI=1S/C14H27N3O2/c1-19-11-13(15)14(18)17-8-4-7-16(9-10-17)12-5-2-3-6-12/h12-13H,2-11,15H2,1H3. The highest BCUT2D eigenvalue weighted by atomic mass is 16.5. The lowest BCUT2D eigenvalue weighted by Crippen LogP contribution is -2.47. The number of methoxy groups -OCH3 is 1. The van der Waals surface area contributed by atoms with Gasteiger partial charge in [-0.15, -0.1) is 0 Å². The van der Waals surface area contributed by atoms with Crippen LogP contribution in [0.15, 0.2) is 0 Å². The van der Waals surface area contributed by atoms with Crippen LogP contribution in [-0.2, 0) is 9.53 Å². The molecule has 110 valence electrons. The van der Waals surface area contributed by atoms with Gasteiger partial charge in [0.15, 0.2) is 0 Å². The Bertz CT molecular complexity index is 292. The highest BCUT2D eigenvalue weighted by Gasteiger charge is 2.27. The second kappa shape index (κ2) is 7.22. The molecule has 1 unspecified atom stereocenters. The van der Waals surface area contributed by atoms with Gasteiger partial charge in [-0.2, -0.15) is 0 Å². The number of ether oxygens (including phenoxy) is 1. The van der Waals surface area contributed by atoms with Crippen molar-refractivity contribution in [2.24, 2.45) is 5.73 Å². The molecule has 2 aliphatic rings. The van der Waals surface area contributed by atoms with E-state index in [1.165, 1.54) is 25.7 Å². The molecule has 0 bridgehead atoms. The van der Waals surface area contributed by atoms with Gasteiger partial charge in [0.25, 0.3) is 0 Å². The molecule has 5 heteroatoms. The van der Waals surface area contributed by atoms with Crippen LogP contribution in [0.4, 0.5) is 0 Å². The number of nitrogens with zero attached hydrogens (tertiary/aromatic N) is 2. The summed E-state index contributed by atoms with van der Waals surface area (Å²) in [7, 11) is 1.58. The maximum Gasteiger partial charge on any atom is 0.241 e. The van der Waals surface area contributed by atoms with Crippen molar-refractivity contribution in [2.45, 2.75) is 44.2 Å². The van der Waals surface area contributed by atoms with E-state index in [-0.39, 0.29) is 5.91 Å². The molecular weight excluding hydrogens is 242 g/mol. The van der Waals surface area contributed by atoms with Crippen LogP contribution in [0.3, 0.4) is 0 Å². The van der Waals surface area contributed by atoms with Crippen molar-refractivity contribution in [1.82, 2.24) is 9.80 Å². The van der Waals surface area contributed by atoms with Gasteiger partial charge in [-0.05, 0) is 19.3 Å². The van der Waals surface area contributed by atoms with Crippen molar-refractivity contribution in [2.75, 3.05) is 39.9 Å². The fraction of sp³-hybridized carbons (Fsp3) is 0.929. The molecule has 1 aliphatic carbocycles. The van der Waals surface area contributed by atoms with Crippen LogP contribution in [0.25, 0.3) is 0 Å². The third kappa shape index (κ3) is 3.91. The fourth-order valence-electron chi connectivity index (χ4n) is 3.28. The lowest BCUT2D eigenvalue weighted by molar-refractivity contribution is -0.133. The number of hydrogen-bond donors (Lipinski definition) is 1. The average Bonchev–Trinajstić information content (AvgIpc) is 2.83. The molecule has 5 nitrogen and oxygen atoms in total. The molecule has 0 aromatic carbocycles. The monoisotopic (exact) mass is 269 g/mol. The van der Waals surface area contributed by atoms with Crippen molar-refractivity contribution < 1.29 is 9.53 Å². The average molecular weight is 269 g/mol. The molecule has 0 aromatic rings. The highest BCUT2D eigenvalue weighted by molar-refractivity contribution is 5.81. The van der Waals surface area contributed by atoms with E-state index >= 15 is 0 Å². The zero-order valence-electron chi connectivity index (χ0n) is 12.0. The molecule has 1 saturated heterocycles. The van der Waals surface area contributed by atoms with Gasteiger partial charge in [-0.25, -0.2) is 0 Å². The van der Waals surface area contributed by atoms with E-state index < -0.39 is 6.04 Å². The summed E-state index contributed by atoms with van der Waals surface area (Å²) in [5.41, 5.74) is 5.84. The van der Waals surface area contributed by atoms with Gasteiger partial charge in [0.1, 0.15) is 6.04 Å². The van der Waals surface area contributed by atoms with Crippen LogP contribution in [0.2, 0.25) is 0 Å². The Labute approximate surface area is 116 Å². The molecule has 0 radical (unpaired) electrons. The molecule has 1 heterocycles. The van der Waals surface area contributed by atoms with E-state index in [4.69, 9.17) is 10.5 Å². The molecule has 1 aliphatic heterocycles. The minimum atomic E-state index is -0.511. The van der Waals surface area contributed by atoms with Crippen molar-refractivity contribution in [3.63, 3.8) is 0 Å². The maximum atomic E-state index is 12.2. The van der Waals surface area contributed by atoms with Crippen LogP contribution in [0, 0.1) is 0 Å². The van der Waals surface area contributed by atoms with E-state index in [2.05, 4.69) is 4.90 Å². The largest absolute Gasteiger partial charge is 0.383 e. The van der Waals surface area contributed by atoms with Crippen molar-refractivity contribution in [3.8, 4) is 0 Å². The van der Waals surface area contributed by atoms with Crippen molar-refractivity contribution in [3.05, 3.63) is 0 Å². The predicted octanol–water partition coefficient (Wildman–Crippen LogP) is 0.437. The topological polar surface area (TPSA) is 58.8 Å². The Morgan fingerprint density at radius 1 is 1.21 bits per heavy atom. The summed E-state index contributed by atoms with van der Waals surface area (Å²) in [4.78, 5) is 16.7. The Morgan fingerprint density at radius 2 is 1.95 bits per heavy atom. The minimum absolute atomic E-state index is 0.0371. The molecule has 1 atom stereocenters. The first-order valence-corrected chi connectivity index (χ1v) is 7.49. The Balaban J connectivity index is 1.83. The van der Waals surface area contributed by atoms with Gasteiger partial charge in [0, 0.05) is 39.3 Å². The molecule has 19 heavy (non-hydrogen) atoms. The summed E-state index contributed by atoms with van der Waals surface area (Å²) in [6.07, 6.45) is 6.45. The van der Waals surface area contributed by atoms with E-state index in [0.717, 1.165) is 38.6 Å². The molecule has 0 aromatic heterocycles. The predicted molar refractivity (Wildman–Crippen MR) is 74.9 cm³/mol. The lowest BCUT2D eigenvalue weighted by atomic mass is 10.2. The molecule has 2 fully saturated rings. The highest BCUT2D eigenvalue weighted by Crippen LogP contribution is 2.24. The molecular formula is C14H27N3O2. The normalized spacial score (nSPS) is 24.4. The van der Waals surface area contributed by atoms with Gasteiger partial charge in [0.2, 0.25) is 5.91 Å². The molecule has 0 spiro atoms. The lowest BCUT2D eigenvalue weighted by Gasteiger charge is -2.27. The first-order chi connectivity index (χ1) is 9.22. The van der Waals surface area contributed by atoms with Crippen LogP contribution in [-0.4, -0.2) is 67.7 Å². The summed E-state index contributed by atoms with van der Waals surface area (Å²) in [5, 5.41) is 0. The van der Waals surface area contributed by atoms with Gasteiger partial charge >= 0.3 is 0 Å². The zero-order valence-corrected chi connectivity index (χ0v) is 12.0. The summed E-state index contributed by atoms with van der Waals surface area (Å²) in [6.45, 7) is 4.07. The van der Waals surface area contributed by atoms with E-state index in [1.807, 2.05) is 4.90 Å². The zero-order chi connectivity index (χ0) is 13.7. The molecule has 2 rings (SSSR count). The molecule has 1 saturated carbocycles. The fourth-order valence-corrected chi connectivity index (χ4v) is 3.28. The number of nitrogens with two attached hydrogens (primary N) is 1. The first kappa shape index (κ1) is 14.8. The van der Waals surface area contributed by atoms with E-state index in [9.17, 15) is 4.79 Å². The van der Waals surface area contributed by atoms with Crippen LogP contribution in [0.1, 0.15) is 32.1 Å². The van der Waals surface area contributed by atoms with Crippen LogP contribution < -0.4 is 5.73 Å². The van der Waals surface area contributed by atoms with E-state index in [0.29, 0.717) is 6.61 Å². The van der Waals surface area contributed by atoms with Gasteiger partial charge < -0.3 is 15.4 Å². The number of carbonyl (C=O) groups excluding carboxylic acids is 1. The minimum Gasteiger partial charge on any atom is -0.383 e. The first-order valence-electron chi connectivity index (χ1n) is 7.49. The van der Waals surface area contributed by atoms with Crippen LogP contribution in [0.5, 0.6) is 0 Å². The summed E-state index contributed by atoms with van der Waals surface area (Å²) < 4.78 is 4.97. The van der Waals surface area contributed by atoms with Crippen molar-refractivity contribution >= 4 is 5.91 Å². The van der Waals surface area contributed by atoms with Gasteiger partial charge in [-0.3, -0.25) is 9.69 Å². The SMILES string of the molecule is COCC(N)C(=O)N1CCCN(C2CCCC2)CC1. The second-order valence-electron chi connectivity index (χ2n) is 5.71. The maximum absolute atomic E-state index is 12.2. The van der Waals surface area contributed by atoms with Crippen molar-refractivity contribution in [1.29, 1.82) is 0 Å². The van der Waals surface area contributed by atoms with Crippen LogP contribution >= 0.6 is 0 Å². The smallest absolute Gasteiger partial charge is 0.241 e. The van der Waals surface area contributed by atoms with E-state index in [1.54, 1.807) is 7.11 Å². The molecule has 1 amide bonds. The summed E-state index contributed by atoms with van der Waals surface area (Å²) in [6, 6.07) is 0.241. The second-order valence-corrected chi connectivity index (χ2v) is 5.71. The Kier molecular flexibility index (Phi) is 5.60. The Hall–Kier alpha value is -0.650.